The molecule has 0 atom stereocenters. The molecule has 0 heterocycles. The minimum atomic E-state index is -4.81. The molecule has 0 unspecified atom stereocenters. The lowest BCUT2D eigenvalue weighted by atomic mass is 10.3. The van der Waals surface area contributed by atoms with Crippen molar-refractivity contribution >= 4 is 50.0 Å². The molecule has 0 saturated heterocycles. The van der Waals surface area contributed by atoms with Gasteiger partial charge in [0.15, 0.2) is 5.82 Å². The van der Waals surface area contributed by atoms with Crippen molar-refractivity contribution in [3.05, 3.63) is 27.4 Å². The van der Waals surface area contributed by atoms with E-state index in [1.807, 2.05) is 0 Å². The molecule has 0 aliphatic rings. The molecule has 0 aromatic heterocycles. The van der Waals surface area contributed by atoms with Crippen LogP contribution >= 0.6 is 39.1 Å². The monoisotopic (exact) mass is 337 g/mol. The molecule has 1 rings (SSSR count). The molecule has 1 nitrogen and oxygen atoms in total. The van der Waals surface area contributed by atoms with Gasteiger partial charge in [-0.05, 0) is 28.1 Å². The smallest absolute Gasteiger partial charge is 0.228 e. The number of aliphatic imine (C=N–C) groups is 1. The van der Waals surface area contributed by atoms with Gasteiger partial charge in [-0.25, -0.2) is 9.38 Å². The molecule has 0 aliphatic heterocycles. The fraction of sp³-hybridized carbons (Fsp3) is 0.125. The van der Waals surface area contributed by atoms with Gasteiger partial charge < -0.3 is 0 Å². The van der Waals surface area contributed by atoms with E-state index in [2.05, 4.69) is 20.9 Å². The summed E-state index contributed by atoms with van der Waals surface area (Å²) in [7, 11) is 0. The SMILES string of the molecule is Fc1cc(Cl)cc(Br)c1N=C(Cl)C(F)(F)F. The van der Waals surface area contributed by atoms with Crippen LogP contribution in [0.15, 0.2) is 21.6 Å². The van der Waals surface area contributed by atoms with E-state index in [0.29, 0.717) is 0 Å². The Hall–Kier alpha value is -0.330. The summed E-state index contributed by atoms with van der Waals surface area (Å²) in [5, 5.41) is -1.62. The molecule has 0 spiro atoms. The Morgan fingerprint density at radius 2 is 1.88 bits per heavy atom. The highest BCUT2D eigenvalue weighted by atomic mass is 79.9. The quantitative estimate of drug-likeness (QED) is 0.500. The third-order valence-corrected chi connectivity index (χ3v) is 2.55. The van der Waals surface area contributed by atoms with Crippen LogP contribution in [0.3, 0.4) is 0 Å². The highest BCUT2D eigenvalue weighted by molar-refractivity contribution is 9.10. The van der Waals surface area contributed by atoms with E-state index in [4.69, 9.17) is 23.2 Å². The van der Waals surface area contributed by atoms with Crippen LogP contribution in [0.1, 0.15) is 0 Å². The van der Waals surface area contributed by atoms with Gasteiger partial charge in [-0.2, -0.15) is 13.2 Å². The zero-order valence-corrected chi connectivity index (χ0v) is 10.3. The topological polar surface area (TPSA) is 12.4 Å². The fourth-order valence-electron chi connectivity index (χ4n) is 0.803. The standard InChI is InChI=1S/C8H2BrCl2F4N/c9-4-1-3(10)2-5(12)6(4)16-7(11)8(13,14)15/h1-2H. The molecule has 0 saturated carbocycles. The highest BCUT2D eigenvalue weighted by Gasteiger charge is 2.34. The van der Waals surface area contributed by atoms with E-state index in [1.54, 1.807) is 0 Å². The molecule has 0 N–H and O–H groups in total. The van der Waals surface area contributed by atoms with Crippen molar-refractivity contribution in [1.29, 1.82) is 0 Å². The van der Waals surface area contributed by atoms with Crippen LogP contribution in [0.2, 0.25) is 5.02 Å². The number of benzene rings is 1. The number of alkyl halides is 3. The Bertz CT molecular complexity index is 421. The van der Waals surface area contributed by atoms with Crippen molar-refractivity contribution in [1.82, 2.24) is 0 Å². The number of rotatable bonds is 1. The van der Waals surface area contributed by atoms with Gasteiger partial charge in [0.2, 0.25) is 5.17 Å². The summed E-state index contributed by atoms with van der Waals surface area (Å²) >= 11 is 13.2. The van der Waals surface area contributed by atoms with Crippen molar-refractivity contribution in [3.8, 4) is 0 Å². The third kappa shape index (κ3) is 3.33. The molecular formula is C8H2BrCl2F4N. The van der Waals surface area contributed by atoms with Gasteiger partial charge in [0.25, 0.3) is 0 Å². The predicted octanol–water partition coefficient (Wildman–Crippen LogP) is 5.07. The Balaban J connectivity index is 3.26. The summed E-state index contributed by atoms with van der Waals surface area (Å²) in [4.78, 5) is 2.95. The minimum Gasteiger partial charge on any atom is -0.228 e. The average Bonchev–Trinajstić information content (AvgIpc) is 2.08. The van der Waals surface area contributed by atoms with E-state index in [0.717, 1.165) is 6.07 Å². The van der Waals surface area contributed by atoms with Crippen LogP contribution in [-0.2, 0) is 0 Å². The Morgan fingerprint density at radius 3 is 2.31 bits per heavy atom. The number of nitrogens with zero attached hydrogens (tertiary/aromatic N) is 1. The van der Waals surface area contributed by atoms with E-state index < -0.39 is 22.9 Å². The van der Waals surface area contributed by atoms with Gasteiger partial charge in [0, 0.05) is 9.50 Å². The number of hydrogen-bond acceptors (Lipinski definition) is 1. The summed E-state index contributed by atoms with van der Waals surface area (Å²) in [6.45, 7) is 0. The fourth-order valence-corrected chi connectivity index (χ4v) is 1.75. The van der Waals surface area contributed by atoms with Crippen molar-refractivity contribution in [2.45, 2.75) is 6.18 Å². The molecule has 0 fully saturated rings. The first-order valence-corrected chi connectivity index (χ1v) is 5.22. The first-order chi connectivity index (χ1) is 7.21. The van der Waals surface area contributed by atoms with Gasteiger partial charge in [0.1, 0.15) is 5.69 Å². The van der Waals surface area contributed by atoms with Gasteiger partial charge in [-0.3, -0.25) is 0 Å². The zero-order chi connectivity index (χ0) is 12.5. The molecule has 1 aromatic rings. The first kappa shape index (κ1) is 13.7. The molecule has 16 heavy (non-hydrogen) atoms. The maximum Gasteiger partial charge on any atom is 0.444 e. The molecule has 88 valence electrons. The van der Waals surface area contributed by atoms with Crippen LogP contribution in [-0.4, -0.2) is 11.3 Å². The van der Waals surface area contributed by atoms with Crippen LogP contribution < -0.4 is 0 Å². The van der Waals surface area contributed by atoms with Gasteiger partial charge in [-0.1, -0.05) is 23.2 Å². The van der Waals surface area contributed by atoms with E-state index in [-0.39, 0.29) is 9.50 Å². The average molecular weight is 339 g/mol. The van der Waals surface area contributed by atoms with Crippen molar-refractivity contribution in [3.63, 3.8) is 0 Å². The maximum absolute atomic E-state index is 13.2. The van der Waals surface area contributed by atoms with Crippen LogP contribution in [0, 0.1) is 5.82 Å². The summed E-state index contributed by atoms with van der Waals surface area (Å²) < 4.78 is 49.4. The molecule has 0 radical (unpaired) electrons. The van der Waals surface area contributed by atoms with E-state index in [9.17, 15) is 17.6 Å². The van der Waals surface area contributed by atoms with Gasteiger partial charge >= 0.3 is 6.18 Å². The van der Waals surface area contributed by atoms with Crippen molar-refractivity contribution in [2.24, 2.45) is 4.99 Å². The summed E-state index contributed by atoms with van der Waals surface area (Å²) in [6, 6.07) is 2.05. The number of hydrogen-bond donors (Lipinski definition) is 0. The van der Waals surface area contributed by atoms with E-state index >= 15 is 0 Å². The lowest BCUT2D eigenvalue weighted by Crippen LogP contribution is -2.16. The van der Waals surface area contributed by atoms with Crippen LogP contribution in [0.25, 0.3) is 0 Å². The second kappa shape index (κ2) is 4.89. The van der Waals surface area contributed by atoms with E-state index in [1.165, 1.54) is 6.07 Å². The first-order valence-electron chi connectivity index (χ1n) is 3.67. The lowest BCUT2D eigenvalue weighted by molar-refractivity contribution is -0.0558. The molecular weight excluding hydrogens is 337 g/mol. The molecule has 0 aliphatic carbocycles. The Morgan fingerprint density at radius 1 is 1.31 bits per heavy atom. The zero-order valence-electron chi connectivity index (χ0n) is 7.25. The minimum absolute atomic E-state index is 0.0140. The Labute approximate surface area is 106 Å². The molecule has 0 amide bonds. The lowest BCUT2D eigenvalue weighted by Gasteiger charge is -2.05. The maximum atomic E-state index is 13.2. The largest absolute Gasteiger partial charge is 0.444 e. The third-order valence-electron chi connectivity index (χ3n) is 1.43. The summed E-state index contributed by atoms with van der Waals surface area (Å²) in [6.07, 6.45) is -4.81. The molecule has 1 aromatic carbocycles. The second-order valence-corrected chi connectivity index (χ2v) is 4.27. The summed E-state index contributed by atoms with van der Waals surface area (Å²) in [5.41, 5.74) is -0.549. The second-order valence-electron chi connectivity index (χ2n) is 2.62. The normalized spacial score (nSPS) is 13.1. The van der Waals surface area contributed by atoms with Crippen molar-refractivity contribution in [2.75, 3.05) is 0 Å². The summed E-state index contributed by atoms with van der Waals surface area (Å²) in [5.74, 6) is -0.998. The number of halogens is 7. The van der Waals surface area contributed by atoms with Crippen molar-refractivity contribution < 1.29 is 17.6 Å². The molecule has 8 heteroatoms. The van der Waals surface area contributed by atoms with Gasteiger partial charge in [0.05, 0.1) is 0 Å². The van der Waals surface area contributed by atoms with Crippen LogP contribution in [0.4, 0.5) is 23.2 Å². The highest BCUT2D eigenvalue weighted by Crippen LogP contribution is 2.34. The van der Waals surface area contributed by atoms with Crippen LogP contribution in [0.5, 0.6) is 0 Å². The van der Waals surface area contributed by atoms with Gasteiger partial charge in [-0.15, -0.1) is 0 Å². The predicted molar refractivity (Wildman–Crippen MR) is 58.1 cm³/mol. The molecule has 0 bridgehead atoms. The Kier molecular flexibility index (Phi) is 4.20.